The van der Waals surface area contributed by atoms with Crippen molar-refractivity contribution in [3.8, 4) is 0 Å². The molecule has 1 aromatic carbocycles. The minimum atomic E-state index is 0.171. The van der Waals surface area contributed by atoms with Crippen LogP contribution in [-0.2, 0) is 0 Å². The van der Waals surface area contributed by atoms with Crippen molar-refractivity contribution in [2.75, 3.05) is 19.0 Å². The first-order valence-corrected chi connectivity index (χ1v) is 7.07. The third-order valence-electron chi connectivity index (χ3n) is 3.74. The highest BCUT2D eigenvalue weighted by molar-refractivity contribution is 6.18. The molecule has 1 saturated heterocycles. The Kier molecular flexibility index (Phi) is 4.28. The van der Waals surface area contributed by atoms with E-state index in [1.54, 1.807) is 0 Å². The summed E-state index contributed by atoms with van der Waals surface area (Å²) in [6.07, 6.45) is 2.06. The minimum Gasteiger partial charge on any atom is -0.339 e. The van der Waals surface area contributed by atoms with Crippen LogP contribution in [0.2, 0.25) is 0 Å². The van der Waals surface area contributed by atoms with Crippen LogP contribution in [0.15, 0.2) is 18.2 Å². The highest BCUT2D eigenvalue weighted by Gasteiger charge is 2.23. The van der Waals surface area contributed by atoms with Crippen LogP contribution in [-0.4, -0.2) is 29.8 Å². The van der Waals surface area contributed by atoms with Crippen LogP contribution in [0.4, 0.5) is 0 Å². The molecule has 0 atom stereocenters. The second-order valence-electron chi connectivity index (χ2n) is 5.21. The summed E-state index contributed by atoms with van der Waals surface area (Å²) in [6, 6.07) is 6.06. The molecular formula is C15H20ClNO. The van der Waals surface area contributed by atoms with Crippen molar-refractivity contribution in [2.24, 2.45) is 5.92 Å². The summed E-state index contributed by atoms with van der Waals surface area (Å²) >= 11 is 5.87. The SMILES string of the molecule is Cc1ccc(C)c(C(=O)N2CCC(CCl)CC2)c1. The first-order chi connectivity index (χ1) is 8.61. The van der Waals surface area contributed by atoms with E-state index in [1.807, 2.05) is 36.9 Å². The zero-order valence-electron chi connectivity index (χ0n) is 11.1. The molecule has 0 N–H and O–H groups in total. The zero-order valence-corrected chi connectivity index (χ0v) is 11.8. The molecule has 1 aliphatic heterocycles. The summed E-state index contributed by atoms with van der Waals surface area (Å²) in [7, 11) is 0. The van der Waals surface area contributed by atoms with Gasteiger partial charge in [-0.05, 0) is 44.2 Å². The fourth-order valence-corrected chi connectivity index (χ4v) is 2.74. The van der Waals surface area contributed by atoms with Gasteiger partial charge < -0.3 is 4.90 Å². The van der Waals surface area contributed by atoms with Gasteiger partial charge in [-0.15, -0.1) is 11.6 Å². The molecule has 2 rings (SSSR count). The quantitative estimate of drug-likeness (QED) is 0.751. The normalized spacial score (nSPS) is 16.9. The Morgan fingerprint density at radius 3 is 2.61 bits per heavy atom. The Hall–Kier alpha value is -1.02. The van der Waals surface area contributed by atoms with E-state index < -0.39 is 0 Å². The molecule has 98 valence electrons. The number of alkyl halides is 1. The molecule has 18 heavy (non-hydrogen) atoms. The number of nitrogens with zero attached hydrogens (tertiary/aromatic N) is 1. The number of likely N-dealkylation sites (tertiary alicyclic amines) is 1. The van der Waals surface area contributed by atoms with E-state index in [0.717, 1.165) is 42.6 Å². The Bertz CT molecular complexity index is 436. The molecular weight excluding hydrogens is 246 g/mol. The monoisotopic (exact) mass is 265 g/mol. The number of amides is 1. The average molecular weight is 266 g/mol. The summed E-state index contributed by atoms with van der Waals surface area (Å²) in [6.45, 7) is 5.70. The largest absolute Gasteiger partial charge is 0.339 e. The molecule has 0 aromatic heterocycles. The predicted octanol–water partition coefficient (Wildman–Crippen LogP) is 3.39. The molecule has 1 heterocycles. The molecule has 1 fully saturated rings. The van der Waals surface area contributed by atoms with Gasteiger partial charge in [0.1, 0.15) is 0 Å². The molecule has 1 aromatic rings. The molecule has 1 aliphatic rings. The van der Waals surface area contributed by atoms with Crippen molar-refractivity contribution in [2.45, 2.75) is 26.7 Å². The smallest absolute Gasteiger partial charge is 0.254 e. The molecule has 3 heteroatoms. The van der Waals surface area contributed by atoms with E-state index >= 15 is 0 Å². The van der Waals surface area contributed by atoms with Gasteiger partial charge in [0.25, 0.3) is 5.91 Å². The van der Waals surface area contributed by atoms with E-state index in [0.29, 0.717) is 11.8 Å². The first kappa shape index (κ1) is 13.4. The lowest BCUT2D eigenvalue weighted by Crippen LogP contribution is -2.39. The Morgan fingerprint density at radius 2 is 2.00 bits per heavy atom. The molecule has 0 spiro atoms. The number of piperidine rings is 1. The summed E-state index contributed by atoms with van der Waals surface area (Å²) in [5.41, 5.74) is 3.05. The van der Waals surface area contributed by atoms with Crippen LogP contribution in [0.5, 0.6) is 0 Å². The van der Waals surface area contributed by atoms with Gasteiger partial charge >= 0.3 is 0 Å². The van der Waals surface area contributed by atoms with Crippen LogP contribution in [0.3, 0.4) is 0 Å². The van der Waals surface area contributed by atoms with E-state index in [4.69, 9.17) is 11.6 Å². The third kappa shape index (κ3) is 2.86. The number of carbonyl (C=O) groups excluding carboxylic acids is 1. The summed E-state index contributed by atoms with van der Waals surface area (Å²) in [5.74, 6) is 1.46. The molecule has 1 amide bonds. The topological polar surface area (TPSA) is 20.3 Å². The van der Waals surface area contributed by atoms with Crippen molar-refractivity contribution in [3.63, 3.8) is 0 Å². The fourth-order valence-electron chi connectivity index (χ4n) is 2.43. The second-order valence-corrected chi connectivity index (χ2v) is 5.52. The second kappa shape index (κ2) is 5.75. The van der Waals surface area contributed by atoms with Crippen molar-refractivity contribution < 1.29 is 4.79 Å². The molecule has 0 saturated carbocycles. The summed E-state index contributed by atoms with van der Waals surface area (Å²) in [4.78, 5) is 14.4. The lowest BCUT2D eigenvalue weighted by atomic mass is 9.97. The van der Waals surface area contributed by atoms with E-state index in [2.05, 4.69) is 0 Å². The van der Waals surface area contributed by atoms with Crippen molar-refractivity contribution >= 4 is 17.5 Å². The van der Waals surface area contributed by atoms with Gasteiger partial charge in [-0.3, -0.25) is 4.79 Å². The number of rotatable bonds is 2. The Balaban J connectivity index is 2.10. The Morgan fingerprint density at radius 1 is 1.33 bits per heavy atom. The highest BCUT2D eigenvalue weighted by atomic mass is 35.5. The van der Waals surface area contributed by atoms with Gasteiger partial charge in [-0.1, -0.05) is 17.7 Å². The molecule has 0 bridgehead atoms. The molecule has 2 nitrogen and oxygen atoms in total. The van der Waals surface area contributed by atoms with Crippen LogP contribution < -0.4 is 0 Å². The number of aryl methyl sites for hydroxylation is 2. The standard InChI is InChI=1S/C15H20ClNO/c1-11-3-4-12(2)14(9-11)15(18)17-7-5-13(10-16)6-8-17/h3-4,9,13H,5-8,10H2,1-2H3. The average Bonchev–Trinajstić information content (AvgIpc) is 2.41. The third-order valence-corrected chi connectivity index (χ3v) is 4.18. The summed E-state index contributed by atoms with van der Waals surface area (Å²) < 4.78 is 0. The Labute approximate surface area is 114 Å². The number of halogens is 1. The van der Waals surface area contributed by atoms with Gasteiger partial charge in [0.2, 0.25) is 0 Å². The van der Waals surface area contributed by atoms with Gasteiger partial charge in [0.05, 0.1) is 0 Å². The fraction of sp³-hybridized carbons (Fsp3) is 0.533. The molecule has 0 radical (unpaired) electrons. The van der Waals surface area contributed by atoms with E-state index in [9.17, 15) is 4.79 Å². The number of carbonyl (C=O) groups is 1. The lowest BCUT2D eigenvalue weighted by Gasteiger charge is -2.31. The minimum absolute atomic E-state index is 0.171. The maximum absolute atomic E-state index is 12.5. The molecule has 0 unspecified atom stereocenters. The van der Waals surface area contributed by atoms with Crippen molar-refractivity contribution in [1.29, 1.82) is 0 Å². The van der Waals surface area contributed by atoms with Crippen LogP contribution in [0.25, 0.3) is 0 Å². The number of hydrogen-bond acceptors (Lipinski definition) is 1. The van der Waals surface area contributed by atoms with E-state index in [-0.39, 0.29) is 5.91 Å². The summed E-state index contributed by atoms with van der Waals surface area (Å²) in [5, 5.41) is 0. The molecule has 0 aliphatic carbocycles. The van der Waals surface area contributed by atoms with Crippen LogP contribution >= 0.6 is 11.6 Å². The van der Waals surface area contributed by atoms with E-state index in [1.165, 1.54) is 0 Å². The first-order valence-electron chi connectivity index (χ1n) is 6.54. The van der Waals surface area contributed by atoms with Crippen molar-refractivity contribution in [1.82, 2.24) is 4.90 Å². The van der Waals surface area contributed by atoms with Gasteiger partial charge in [-0.25, -0.2) is 0 Å². The van der Waals surface area contributed by atoms with Gasteiger partial charge in [0.15, 0.2) is 0 Å². The van der Waals surface area contributed by atoms with Crippen molar-refractivity contribution in [3.05, 3.63) is 34.9 Å². The lowest BCUT2D eigenvalue weighted by molar-refractivity contribution is 0.0697. The van der Waals surface area contributed by atoms with Crippen LogP contribution in [0, 0.1) is 19.8 Å². The maximum atomic E-state index is 12.5. The number of hydrogen-bond donors (Lipinski definition) is 0. The highest BCUT2D eigenvalue weighted by Crippen LogP contribution is 2.21. The predicted molar refractivity (Wildman–Crippen MR) is 75.3 cm³/mol. The maximum Gasteiger partial charge on any atom is 0.254 e. The van der Waals surface area contributed by atoms with Gasteiger partial charge in [0, 0.05) is 24.5 Å². The zero-order chi connectivity index (χ0) is 13.1. The number of benzene rings is 1. The van der Waals surface area contributed by atoms with Crippen LogP contribution in [0.1, 0.15) is 34.3 Å². The van der Waals surface area contributed by atoms with Gasteiger partial charge in [-0.2, -0.15) is 0 Å².